The number of benzene rings is 2. The molecule has 5 nitrogen and oxygen atoms in total. The summed E-state index contributed by atoms with van der Waals surface area (Å²) in [5.41, 5.74) is 1.33. The lowest BCUT2D eigenvalue weighted by Gasteiger charge is -2.29. The smallest absolute Gasteiger partial charge is 0.255 e. The minimum absolute atomic E-state index is 0.0579. The van der Waals surface area contributed by atoms with Crippen LogP contribution in [0.3, 0.4) is 0 Å². The zero-order valence-electron chi connectivity index (χ0n) is 14.1. The van der Waals surface area contributed by atoms with Gasteiger partial charge in [0.25, 0.3) is 5.91 Å². The van der Waals surface area contributed by atoms with Crippen LogP contribution in [-0.4, -0.2) is 26.6 Å². The van der Waals surface area contributed by atoms with Gasteiger partial charge in [0.05, 0.1) is 16.5 Å². The van der Waals surface area contributed by atoms with Gasteiger partial charge in [0, 0.05) is 17.8 Å². The van der Waals surface area contributed by atoms with E-state index < -0.39 is 21.7 Å². The van der Waals surface area contributed by atoms with E-state index in [0.717, 1.165) is 6.42 Å². The number of carbonyl (C=O) groups excluding carboxylic acids is 1. The van der Waals surface area contributed by atoms with Crippen LogP contribution in [0.1, 0.15) is 28.8 Å². The summed E-state index contributed by atoms with van der Waals surface area (Å²) in [7, 11) is -3.44. The van der Waals surface area contributed by atoms with Crippen molar-refractivity contribution in [2.45, 2.75) is 19.8 Å². The average molecular weight is 397 g/mol. The normalized spacial score (nSPS) is 16.3. The molecule has 0 aliphatic carbocycles. The number of aryl methyl sites for hydroxylation is 1. The molecule has 0 aromatic heterocycles. The highest BCUT2D eigenvalue weighted by Crippen LogP contribution is 2.32. The minimum Gasteiger partial charge on any atom is -0.322 e. The third-order valence-corrected chi connectivity index (χ3v) is 6.43. The lowest BCUT2D eigenvalue weighted by molar-refractivity contribution is 0.102. The molecule has 0 radical (unpaired) electrons. The highest BCUT2D eigenvalue weighted by Gasteiger charge is 2.28. The van der Waals surface area contributed by atoms with Gasteiger partial charge in [-0.3, -0.25) is 9.10 Å². The first-order valence-electron chi connectivity index (χ1n) is 8.15. The Hall–Kier alpha value is -2.12. The Morgan fingerprint density at radius 1 is 1.19 bits per heavy atom. The van der Waals surface area contributed by atoms with Crippen LogP contribution in [-0.2, 0) is 10.0 Å². The number of hydrogen-bond donors (Lipinski definition) is 1. The largest absolute Gasteiger partial charge is 0.322 e. The second kappa shape index (κ2) is 7.25. The number of sulfonamides is 1. The van der Waals surface area contributed by atoms with Gasteiger partial charge in [-0.1, -0.05) is 17.7 Å². The monoisotopic (exact) mass is 396 g/mol. The van der Waals surface area contributed by atoms with E-state index >= 15 is 0 Å². The maximum absolute atomic E-state index is 13.6. The quantitative estimate of drug-likeness (QED) is 0.853. The number of halogens is 2. The summed E-state index contributed by atoms with van der Waals surface area (Å²) in [6.45, 7) is 1.96. The van der Waals surface area contributed by atoms with Crippen LogP contribution in [0, 0.1) is 12.7 Å². The van der Waals surface area contributed by atoms with Crippen molar-refractivity contribution in [2.24, 2.45) is 0 Å². The molecule has 3 rings (SSSR count). The van der Waals surface area contributed by atoms with Crippen LogP contribution in [0.4, 0.5) is 15.8 Å². The summed E-state index contributed by atoms with van der Waals surface area (Å²) in [5, 5.41) is 2.86. The Labute approximate surface area is 156 Å². The van der Waals surface area contributed by atoms with E-state index in [4.69, 9.17) is 11.6 Å². The number of hydrogen-bond acceptors (Lipinski definition) is 3. The molecule has 1 heterocycles. The lowest BCUT2D eigenvalue weighted by atomic mass is 10.1. The molecule has 0 unspecified atom stereocenters. The standard InChI is InChI=1S/C18H18ClFN2O3S/c1-12-4-6-14(11-16(12)20)21-18(23)13-5-7-15(19)17(10-13)22-8-2-3-9-26(22,24)25/h4-7,10-11H,2-3,8-9H2,1H3,(H,21,23). The highest BCUT2D eigenvalue weighted by atomic mass is 35.5. The van der Waals surface area contributed by atoms with Crippen molar-refractivity contribution < 1.29 is 17.6 Å². The van der Waals surface area contributed by atoms with Crippen LogP contribution in [0.2, 0.25) is 5.02 Å². The molecule has 1 N–H and O–H groups in total. The van der Waals surface area contributed by atoms with Crippen LogP contribution in [0.25, 0.3) is 0 Å². The average Bonchev–Trinajstić information content (AvgIpc) is 2.58. The first kappa shape index (κ1) is 18.7. The van der Waals surface area contributed by atoms with E-state index in [1.54, 1.807) is 19.1 Å². The molecule has 1 aliphatic heterocycles. The Morgan fingerprint density at radius 3 is 2.65 bits per heavy atom. The summed E-state index contributed by atoms with van der Waals surface area (Å²) in [4.78, 5) is 12.5. The van der Waals surface area contributed by atoms with Crippen molar-refractivity contribution in [3.05, 3.63) is 58.4 Å². The molecule has 0 saturated carbocycles. The fourth-order valence-electron chi connectivity index (χ4n) is 2.78. The van der Waals surface area contributed by atoms with Gasteiger partial charge < -0.3 is 5.32 Å². The molecular formula is C18H18ClFN2O3S. The van der Waals surface area contributed by atoms with Crippen molar-refractivity contribution in [2.75, 3.05) is 21.9 Å². The van der Waals surface area contributed by atoms with Crippen LogP contribution >= 0.6 is 11.6 Å². The predicted octanol–water partition coefficient (Wildman–Crippen LogP) is 3.97. The fraction of sp³-hybridized carbons (Fsp3) is 0.278. The van der Waals surface area contributed by atoms with E-state index in [1.165, 1.54) is 28.6 Å². The number of carbonyl (C=O) groups is 1. The molecule has 26 heavy (non-hydrogen) atoms. The number of anilines is 2. The molecule has 0 atom stereocenters. The summed E-state index contributed by atoms with van der Waals surface area (Å²) in [6.07, 6.45) is 1.34. The number of rotatable bonds is 3. The summed E-state index contributed by atoms with van der Waals surface area (Å²) < 4.78 is 39.5. The molecule has 0 bridgehead atoms. The Kier molecular flexibility index (Phi) is 5.20. The molecular weight excluding hydrogens is 379 g/mol. The van der Waals surface area contributed by atoms with Gasteiger partial charge >= 0.3 is 0 Å². The number of nitrogens with zero attached hydrogens (tertiary/aromatic N) is 1. The number of nitrogens with one attached hydrogen (secondary N) is 1. The van der Waals surface area contributed by atoms with Gasteiger partial charge in [0.15, 0.2) is 0 Å². The van der Waals surface area contributed by atoms with Crippen molar-refractivity contribution in [3.8, 4) is 0 Å². The third kappa shape index (κ3) is 3.83. The number of amides is 1. The van der Waals surface area contributed by atoms with E-state index in [-0.39, 0.29) is 22.0 Å². The SMILES string of the molecule is Cc1ccc(NC(=O)c2ccc(Cl)c(N3CCCCS3(=O)=O)c2)cc1F. The topological polar surface area (TPSA) is 66.5 Å². The van der Waals surface area contributed by atoms with Gasteiger partial charge in [0.1, 0.15) is 5.82 Å². The first-order chi connectivity index (χ1) is 12.3. The molecule has 1 fully saturated rings. The summed E-state index contributed by atoms with van der Waals surface area (Å²) in [6, 6.07) is 8.85. The molecule has 1 saturated heterocycles. The molecule has 1 aliphatic rings. The van der Waals surface area contributed by atoms with Crippen molar-refractivity contribution >= 4 is 38.9 Å². The summed E-state index contributed by atoms with van der Waals surface area (Å²) in [5.74, 6) is -0.831. The third-order valence-electron chi connectivity index (χ3n) is 4.26. The second-order valence-corrected chi connectivity index (χ2v) is 8.60. The van der Waals surface area contributed by atoms with E-state index in [0.29, 0.717) is 24.2 Å². The predicted molar refractivity (Wildman–Crippen MR) is 101 cm³/mol. The van der Waals surface area contributed by atoms with Gasteiger partial charge in [0.2, 0.25) is 10.0 Å². The van der Waals surface area contributed by atoms with E-state index in [1.807, 2.05) is 0 Å². The van der Waals surface area contributed by atoms with Crippen LogP contribution in [0.5, 0.6) is 0 Å². The zero-order chi connectivity index (χ0) is 18.9. The Morgan fingerprint density at radius 2 is 1.96 bits per heavy atom. The van der Waals surface area contributed by atoms with Gasteiger partial charge in [-0.05, 0) is 55.7 Å². The second-order valence-electron chi connectivity index (χ2n) is 6.18. The first-order valence-corrected chi connectivity index (χ1v) is 10.1. The molecule has 0 spiro atoms. The molecule has 2 aromatic rings. The molecule has 8 heteroatoms. The van der Waals surface area contributed by atoms with Gasteiger partial charge in [-0.25, -0.2) is 12.8 Å². The van der Waals surface area contributed by atoms with Gasteiger partial charge in [-0.15, -0.1) is 0 Å². The van der Waals surface area contributed by atoms with Gasteiger partial charge in [-0.2, -0.15) is 0 Å². The molecule has 138 valence electrons. The minimum atomic E-state index is -3.44. The van der Waals surface area contributed by atoms with Crippen LogP contribution < -0.4 is 9.62 Å². The fourth-order valence-corrected chi connectivity index (χ4v) is 4.70. The van der Waals surface area contributed by atoms with E-state index in [9.17, 15) is 17.6 Å². The van der Waals surface area contributed by atoms with Crippen molar-refractivity contribution in [1.82, 2.24) is 0 Å². The maximum Gasteiger partial charge on any atom is 0.255 e. The molecule has 2 aromatic carbocycles. The summed E-state index contributed by atoms with van der Waals surface area (Å²) >= 11 is 6.17. The Bertz CT molecular complexity index is 963. The van der Waals surface area contributed by atoms with Crippen LogP contribution in [0.15, 0.2) is 36.4 Å². The zero-order valence-corrected chi connectivity index (χ0v) is 15.7. The Balaban J connectivity index is 1.89. The van der Waals surface area contributed by atoms with Crippen molar-refractivity contribution in [3.63, 3.8) is 0 Å². The van der Waals surface area contributed by atoms with Crippen molar-refractivity contribution in [1.29, 1.82) is 0 Å². The van der Waals surface area contributed by atoms with E-state index in [2.05, 4.69) is 5.32 Å². The lowest BCUT2D eigenvalue weighted by Crippen LogP contribution is -2.38. The maximum atomic E-state index is 13.6. The highest BCUT2D eigenvalue weighted by molar-refractivity contribution is 7.92. The molecule has 1 amide bonds.